The van der Waals surface area contributed by atoms with Crippen LogP contribution in [0.5, 0.6) is 0 Å². The van der Waals surface area contributed by atoms with Gasteiger partial charge in [-0.2, -0.15) is 0 Å². The summed E-state index contributed by atoms with van der Waals surface area (Å²) >= 11 is 0. The van der Waals surface area contributed by atoms with Gasteiger partial charge in [0.05, 0.1) is 6.54 Å². The number of likely N-dealkylation sites (N-methyl/N-ethyl adjacent to an activating group) is 1. The molecule has 1 rings (SSSR count). The molecule has 2 heteroatoms. The standard InChI is InChI=1S/C16H24N2/c1-4-12-18(13-5-2)16(14-17-6-3)15-10-8-7-9-11-15/h1,7-11,16-17H,5-6,12-14H2,2-3H3. The highest BCUT2D eigenvalue weighted by molar-refractivity contribution is 5.20. The van der Waals surface area contributed by atoms with E-state index >= 15 is 0 Å². The van der Waals surface area contributed by atoms with E-state index in [1.165, 1.54) is 5.56 Å². The van der Waals surface area contributed by atoms with Crippen molar-refractivity contribution >= 4 is 0 Å². The maximum absolute atomic E-state index is 5.49. The van der Waals surface area contributed by atoms with Crippen LogP contribution >= 0.6 is 0 Å². The van der Waals surface area contributed by atoms with E-state index in [0.29, 0.717) is 12.6 Å². The van der Waals surface area contributed by atoms with Gasteiger partial charge in [0.1, 0.15) is 0 Å². The number of nitrogens with zero attached hydrogens (tertiary/aromatic N) is 1. The molecule has 0 aromatic heterocycles. The van der Waals surface area contributed by atoms with Gasteiger partial charge >= 0.3 is 0 Å². The molecule has 98 valence electrons. The molecule has 0 bridgehead atoms. The molecule has 0 aliphatic carbocycles. The van der Waals surface area contributed by atoms with Crippen LogP contribution in [-0.2, 0) is 0 Å². The number of terminal acetylenes is 1. The lowest BCUT2D eigenvalue weighted by molar-refractivity contribution is 0.218. The minimum Gasteiger partial charge on any atom is -0.315 e. The van der Waals surface area contributed by atoms with E-state index in [1.54, 1.807) is 0 Å². The van der Waals surface area contributed by atoms with Crippen LogP contribution in [0.25, 0.3) is 0 Å². The Labute approximate surface area is 111 Å². The summed E-state index contributed by atoms with van der Waals surface area (Å²) in [5.74, 6) is 2.78. The highest BCUT2D eigenvalue weighted by Crippen LogP contribution is 2.19. The summed E-state index contributed by atoms with van der Waals surface area (Å²) in [4.78, 5) is 2.37. The number of benzene rings is 1. The fourth-order valence-electron chi connectivity index (χ4n) is 2.16. The smallest absolute Gasteiger partial charge is 0.0604 e. The molecule has 1 unspecified atom stereocenters. The highest BCUT2D eigenvalue weighted by Gasteiger charge is 2.18. The van der Waals surface area contributed by atoms with E-state index in [-0.39, 0.29) is 0 Å². The first kappa shape index (κ1) is 14.8. The van der Waals surface area contributed by atoms with Gasteiger partial charge in [-0.15, -0.1) is 6.42 Å². The third-order valence-corrected chi connectivity index (χ3v) is 3.02. The van der Waals surface area contributed by atoms with Crippen molar-refractivity contribution in [3.8, 4) is 12.3 Å². The van der Waals surface area contributed by atoms with Crippen LogP contribution in [0.15, 0.2) is 30.3 Å². The molecular formula is C16H24N2. The maximum Gasteiger partial charge on any atom is 0.0604 e. The Kier molecular flexibility index (Phi) is 7.17. The monoisotopic (exact) mass is 244 g/mol. The van der Waals surface area contributed by atoms with E-state index in [0.717, 1.165) is 26.1 Å². The first-order valence-electron chi connectivity index (χ1n) is 6.76. The molecule has 0 saturated heterocycles. The Bertz CT molecular complexity index is 353. The Morgan fingerprint density at radius 2 is 2.00 bits per heavy atom. The van der Waals surface area contributed by atoms with Crippen LogP contribution in [0, 0.1) is 12.3 Å². The van der Waals surface area contributed by atoms with Gasteiger partial charge in [-0.3, -0.25) is 4.90 Å². The van der Waals surface area contributed by atoms with E-state index in [9.17, 15) is 0 Å². The lowest BCUT2D eigenvalue weighted by Gasteiger charge is -2.30. The summed E-state index contributed by atoms with van der Waals surface area (Å²) in [5, 5.41) is 3.43. The molecular weight excluding hydrogens is 220 g/mol. The van der Waals surface area contributed by atoms with Crippen LogP contribution in [0.4, 0.5) is 0 Å². The van der Waals surface area contributed by atoms with Crippen LogP contribution in [0.2, 0.25) is 0 Å². The molecule has 18 heavy (non-hydrogen) atoms. The van der Waals surface area contributed by atoms with Gasteiger partial charge in [-0.1, -0.05) is 50.1 Å². The molecule has 0 fully saturated rings. The Morgan fingerprint density at radius 1 is 1.28 bits per heavy atom. The van der Waals surface area contributed by atoms with Crippen molar-refractivity contribution in [3.63, 3.8) is 0 Å². The summed E-state index contributed by atoms with van der Waals surface area (Å²) < 4.78 is 0. The third-order valence-electron chi connectivity index (χ3n) is 3.02. The van der Waals surface area contributed by atoms with Crippen LogP contribution in [-0.4, -0.2) is 31.1 Å². The van der Waals surface area contributed by atoms with Gasteiger partial charge in [0.2, 0.25) is 0 Å². The average Bonchev–Trinajstić information content (AvgIpc) is 2.41. The van der Waals surface area contributed by atoms with Crippen molar-refractivity contribution in [2.75, 3.05) is 26.2 Å². The zero-order chi connectivity index (χ0) is 13.2. The van der Waals surface area contributed by atoms with Gasteiger partial charge in [-0.05, 0) is 25.1 Å². The van der Waals surface area contributed by atoms with Gasteiger partial charge in [0.25, 0.3) is 0 Å². The molecule has 0 aliphatic heterocycles. The molecule has 1 N–H and O–H groups in total. The van der Waals surface area contributed by atoms with Crippen LogP contribution in [0.3, 0.4) is 0 Å². The second kappa shape index (κ2) is 8.74. The van der Waals surface area contributed by atoms with Gasteiger partial charge in [-0.25, -0.2) is 0 Å². The molecule has 0 saturated carbocycles. The number of hydrogen-bond donors (Lipinski definition) is 1. The second-order valence-corrected chi connectivity index (χ2v) is 4.41. The Morgan fingerprint density at radius 3 is 2.56 bits per heavy atom. The lowest BCUT2D eigenvalue weighted by Crippen LogP contribution is -2.36. The zero-order valence-electron chi connectivity index (χ0n) is 11.5. The Hall–Kier alpha value is -1.30. The van der Waals surface area contributed by atoms with Crippen molar-refractivity contribution in [2.24, 2.45) is 0 Å². The summed E-state index contributed by atoms with van der Waals surface area (Å²) in [6, 6.07) is 11.0. The number of rotatable bonds is 8. The zero-order valence-corrected chi connectivity index (χ0v) is 11.5. The second-order valence-electron chi connectivity index (χ2n) is 4.41. The SMILES string of the molecule is C#CCN(CCC)C(CNCC)c1ccccc1. The van der Waals surface area contributed by atoms with Gasteiger partial charge in [0, 0.05) is 12.6 Å². The van der Waals surface area contributed by atoms with Gasteiger partial charge < -0.3 is 5.32 Å². The van der Waals surface area contributed by atoms with E-state index in [2.05, 4.69) is 60.3 Å². The lowest BCUT2D eigenvalue weighted by atomic mass is 10.0. The summed E-state index contributed by atoms with van der Waals surface area (Å²) in [6.45, 7) is 8.00. The van der Waals surface area contributed by atoms with Crippen molar-refractivity contribution in [2.45, 2.75) is 26.3 Å². The van der Waals surface area contributed by atoms with Crippen molar-refractivity contribution in [1.82, 2.24) is 10.2 Å². The number of nitrogens with one attached hydrogen (secondary N) is 1. The minimum absolute atomic E-state index is 0.363. The minimum atomic E-state index is 0.363. The quantitative estimate of drug-likeness (QED) is 0.707. The van der Waals surface area contributed by atoms with Crippen molar-refractivity contribution in [3.05, 3.63) is 35.9 Å². The summed E-state index contributed by atoms with van der Waals surface area (Å²) in [6.07, 6.45) is 6.61. The first-order valence-corrected chi connectivity index (χ1v) is 6.76. The van der Waals surface area contributed by atoms with Gasteiger partial charge in [0.15, 0.2) is 0 Å². The van der Waals surface area contributed by atoms with Crippen molar-refractivity contribution in [1.29, 1.82) is 0 Å². The molecule has 0 spiro atoms. The normalized spacial score (nSPS) is 12.3. The topological polar surface area (TPSA) is 15.3 Å². The predicted octanol–water partition coefficient (Wildman–Crippen LogP) is 2.68. The molecule has 1 aromatic carbocycles. The summed E-state index contributed by atoms with van der Waals surface area (Å²) in [5.41, 5.74) is 1.34. The Balaban J connectivity index is 2.84. The predicted molar refractivity (Wildman–Crippen MR) is 78.4 cm³/mol. The first-order chi connectivity index (χ1) is 8.83. The molecule has 2 nitrogen and oxygen atoms in total. The van der Waals surface area contributed by atoms with Crippen LogP contribution in [0.1, 0.15) is 31.9 Å². The average molecular weight is 244 g/mol. The van der Waals surface area contributed by atoms with Crippen LogP contribution < -0.4 is 5.32 Å². The molecule has 0 amide bonds. The van der Waals surface area contributed by atoms with E-state index in [4.69, 9.17) is 6.42 Å². The highest BCUT2D eigenvalue weighted by atomic mass is 15.2. The third kappa shape index (κ3) is 4.52. The fourth-order valence-corrected chi connectivity index (χ4v) is 2.16. The maximum atomic E-state index is 5.49. The molecule has 1 aromatic rings. The molecule has 0 radical (unpaired) electrons. The fraction of sp³-hybridized carbons (Fsp3) is 0.500. The summed E-state index contributed by atoms with van der Waals surface area (Å²) in [7, 11) is 0. The molecule has 0 aliphatic rings. The van der Waals surface area contributed by atoms with E-state index in [1.807, 2.05) is 0 Å². The largest absolute Gasteiger partial charge is 0.315 e. The number of hydrogen-bond acceptors (Lipinski definition) is 2. The van der Waals surface area contributed by atoms with E-state index < -0.39 is 0 Å². The molecule has 1 atom stereocenters. The van der Waals surface area contributed by atoms with Crippen molar-refractivity contribution < 1.29 is 0 Å². The molecule has 0 heterocycles.